The van der Waals surface area contributed by atoms with Crippen LogP contribution in [-0.2, 0) is 11.3 Å². The summed E-state index contributed by atoms with van der Waals surface area (Å²) in [5, 5.41) is 3.30. The number of amides is 1. The van der Waals surface area contributed by atoms with Gasteiger partial charge in [0.05, 0.1) is 0 Å². The summed E-state index contributed by atoms with van der Waals surface area (Å²) < 4.78 is 1.60. The quantitative estimate of drug-likeness (QED) is 0.889. The fraction of sp³-hybridized carbons (Fsp3) is 0.714. The Morgan fingerprint density at radius 3 is 2.67 bits per heavy atom. The summed E-state index contributed by atoms with van der Waals surface area (Å²) in [4.78, 5) is 27.3. The summed E-state index contributed by atoms with van der Waals surface area (Å²) in [6.45, 7) is 8.67. The van der Waals surface area contributed by atoms with Gasteiger partial charge in [-0.25, -0.2) is 0 Å². The lowest BCUT2D eigenvalue weighted by molar-refractivity contribution is -0.133. The number of aromatic nitrogens is 1. The molecule has 1 aliphatic heterocycles. The van der Waals surface area contributed by atoms with Crippen LogP contribution in [0.25, 0.3) is 0 Å². The van der Waals surface area contributed by atoms with Crippen molar-refractivity contribution in [3.8, 4) is 0 Å². The summed E-state index contributed by atoms with van der Waals surface area (Å²) in [6, 6.07) is 0.276. The Balaban J connectivity index is 0.00000220. The number of carbonyl (C=O) groups is 1. The number of hydrogen-bond acceptors (Lipinski definition) is 4. The van der Waals surface area contributed by atoms with Gasteiger partial charge in [-0.1, -0.05) is 18.3 Å². The zero-order valence-corrected chi connectivity index (χ0v) is 14.5. The van der Waals surface area contributed by atoms with Crippen LogP contribution in [0.15, 0.2) is 4.79 Å². The van der Waals surface area contributed by atoms with Crippen molar-refractivity contribution in [3.05, 3.63) is 20.2 Å². The monoisotopic (exact) mass is 333 g/mol. The molecule has 0 saturated carbocycles. The minimum Gasteiger partial charge on any atom is -0.337 e. The fourth-order valence-corrected chi connectivity index (χ4v) is 3.48. The van der Waals surface area contributed by atoms with E-state index in [-0.39, 0.29) is 35.8 Å². The van der Waals surface area contributed by atoms with Gasteiger partial charge in [0, 0.05) is 29.7 Å². The molecule has 0 bridgehead atoms. The Morgan fingerprint density at radius 2 is 2.19 bits per heavy atom. The second-order valence-corrected chi connectivity index (χ2v) is 6.50. The molecule has 0 aromatic carbocycles. The highest BCUT2D eigenvalue weighted by atomic mass is 35.5. The van der Waals surface area contributed by atoms with E-state index in [0.717, 1.165) is 43.0 Å². The summed E-state index contributed by atoms with van der Waals surface area (Å²) in [7, 11) is 0. The van der Waals surface area contributed by atoms with Gasteiger partial charge in [0.25, 0.3) is 0 Å². The SMILES string of the molecule is CCCN(C(=O)Cn1c(C)c(C)sc1=O)C1CCNC1.Cl. The van der Waals surface area contributed by atoms with Gasteiger partial charge in [0.15, 0.2) is 0 Å². The van der Waals surface area contributed by atoms with Crippen molar-refractivity contribution in [1.29, 1.82) is 0 Å². The Kier molecular flexibility index (Phi) is 6.90. The molecule has 1 N–H and O–H groups in total. The lowest BCUT2D eigenvalue weighted by Gasteiger charge is -2.28. The molecule has 1 atom stereocenters. The van der Waals surface area contributed by atoms with Gasteiger partial charge in [-0.15, -0.1) is 12.4 Å². The van der Waals surface area contributed by atoms with Gasteiger partial charge >= 0.3 is 4.87 Å². The highest BCUT2D eigenvalue weighted by Crippen LogP contribution is 2.13. The first-order valence-electron chi connectivity index (χ1n) is 7.21. The molecule has 120 valence electrons. The molecule has 2 heterocycles. The topological polar surface area (TPSA) is 54.3 Å². The van der Waals surface area contributed by atoms with Crippen molar-refractivity contribution in [2.75, 3.05) is 19.6 Å². The smallest absolute Gasteiger partial charge is 0.308 e. The van der Waals surface area contributed by atoms with Crippen LogP contribution in [0.5, 0.6) is 0 Å². The molecule has 1 fully saturated rings. The van der Waals surface area contributed by atoms with Crippen LogP contribution in [-0.4, -0.2) is 41.1 Å². The number of carbonyl (C=O) groups excluding carboxylic acids is 1. The molecule has 1 amide bonds. The van der Waals surface area contributed by atoms with Crippen LogP contribution >= 0.6 is 23.7 Å². The van der Waals surface area contributed by atoms with Crippen LogP contribution in [0.3, 0.4) is 0 Å². The first kappa shape index (κ1) is 18.2. The standard InChI is InChI=1S/C14H23N3O2S.ClH/c1-4-7-16(12-5-6-15-8-12)13(18)9-17-10(2)11(3)20-14(17)19;/h12,15H,4-9H2,1-3H3;1H. The molecular weight excluding hydrogens is 310 g/mol. The summed E-state index contributed by atoms with van der Waals surface area (Å²) >= 11 is 1.22. The third-order valence-electron chi connectivity index (χ3n) is 3.93. The molecular formula is C14H24ClN3O2S. The second kappa shape index (κ2) is 7.96. The summed E-state index contributed by atoms with van der Waals surface area (Å²) in [5.74, 6) is 0.0588. The van der Waals surface area contributed by atoms with Crippen molar-refractivity contribution in [1.82, 2.24) is 14.8 Å². The van der Waals surface area contributed by atoms with E-state index in [1.807, 2.05) is 18.7 Å². The van der Waals surface area contributed by atoms with Crippen LogP contribution in [0.1, 0.15) is 30.3 Å². The third kappa shape index (κ3) is 4.08. The molecule has 0 radical (unpaired) electrons. The number of rotatable bonds is 5. The van der Waals surface area contributed by atoms with Gasteiger partial charge in [-0.05, 0) is 33.2 Å². The summed E-state index contributed by atoms with van der Waals surface area (Å²) in [6.07, 6.45) is 1.95. The third-order valence-corrected chi connectivity index (χ3v) is 4.93. The first-order valence-corrected chi connectivity index (χ1v) is 8.03. The van der Waals surface area contributed by atoms with Crippen LogP contribution in [0.4, 0.5) is 0 Å². The number of halogens is 1. The van der Waals surface area contributed by atoms with E-state index in [1.165, 1.54) is 11.3 Å². The largest absolute Gasteiger partial charge is 0.337 e. The number of nitrogens with zero attached hydrogens (tertiary/aromatic N) is 2. The summed E-state index contributed by atoms with van der Waals surface area (Å²) in [5.41, 5.74) is 0.911. The minimum atomic E-state index is -0.0330. The van der Waals surface area contributed by atoms with Crippen molar-refractivity contribution in [2.45, 2.75) is 46.2 Å². The molecule has 1 aliphatic rings. The molecule has 0 aliphatic carbocycles. The van der Waals surface area contributed by atoms with Crippen molar-refractivity contribution >= 4 is 29.7 Å². The molecule has 5 nitrogen and oxygen atoms in total. The molecule has 1 aromatic heterocycles. The van der Waals surface area contributed by atoms with Crippen LogP contribution in [0.2, 0.25) is 0 Å². The number of nitrogens with one attached hydrogen (secondary N) is 1. The normalized spacial score (nSPS) is 17.6. The van der Waals surface area contributed by atoms with Crippen LogP contribution < -0.4 is 10.2 Å². The zero-order valence-electron chi connectivity index (χ0n) is 12.8. The molecule has 1 unspecified atom stereocenters. The number of thiazole rings is 1. The maximum atomic E-state index is 12.5. The van der Waals surface area contributed by atoms with E-state index in [2.05, 4.69) is 12.2 Å². The highest BCUT2D eigenvalue weighted by Gasteiger charge is 2.26. The fourth-order valence-electron chi connectivity index (χ4n) is 2.65. The lowest BCUT2D eigenvalue weighted by Crippen LogP contribution is -2.44. The van der Waals surface area contributed by atoms with E-state index >= 15 is 0 Å². The maximum Gasteiger partial charge on any atom is 0.308 e. The number of aryl methyl sites for hydroxylation is 1. The molecule has 1 aromatic rings. The Bertz CT molecular complexity index is 535. The van der Waals surface area contributed by atoms with Gasteiger partial charge in [0.2, 0.25) is 5.91 Å². The van der Waals surface area contributed by atoms with Crippen LogP contribution in [0, 0.1) is 13.8 Å². The molecule has 21 heavy (non-hydrogen) atoms. The van der Waals surface area contributed by atoms with E-state index in [9.17, 15) is 9.59 Å². The predicted octanol–water partition coefficient (Wildman–Crippen LogP) is 1.55. The van der Waals surface area contributed by atoms with E-state index in [1.54, 1.807) is 4.57 Å². The zero-order chi connectivity index (χ0) is 14.7. The van der Waals surface area contributed by atoms with E-state index in [4.69, 9.17) is 0 Å². The van der Waals surface area contributed by atoms with Crippen molar-refractivity contribution < 1.29 is 4.79 Å². The van der Waals surface area contributed by atoms with Crippen molar-refractivity contribution in [2.24, 2.45) is 0 Å². The van der Waals surface area contributed by atoms with Gasteiger partial charge < -0.3 is 10.2 Å². The van der Waals surface area contributed by atoms with Crippen molar-refractivity contribution in [3.63, 3.8) is 0 Å². The predicted molar refractivity (Wildman–Crippen MR) is 88.6 cm³/mol. The van der Waals surface area contributed by atoms with Gasteiger partial charge in [-0.2, -0.15) is 0 Å². The molecule has 0 spiro atoms. The van der Waals surface area contributed by atoms with Gasteiger partial charge in [0.1, 0.15) is 6.54 Å². The number of hydrogen-bond donors (Lipinski definition) is 1. The van der Waals surface area contributed by atoms with E-state index in [0.29, 0.717) is 0 Å². The molecule has 1 saturated heterocycles. The molecule has 2 rings (SSSR count). The lowest BCUT2D eigenvalue weighted by atomic mass is 10.2. The average Bonchev–Trinajstić information content (AvgIpc) is 3.01. The Morgan fingerprint density at radius 1 is 1.48 bits per heavy atom. The Labute approximate surface area is 135 Å². The average molecular weight is 334 g/mol. The van der Waals surface area contributed by atoms with Gasteiger partial charge in [-0.3, -0.25) is 14.2 Å². The first-order chi connectivity index (χ1) is 9.54. The van der Waals surface area contributed by atoms with E-state index < -0.39 is 0 Å². The molecule has 7 heteroatoms. The minimum absolute atomic E-state index is 0. The Hall–Kier alpha value is -0.850. The second-order valence-electron chi connectivity index (χ2n) is 5.33. The maximum absolute atomic E-state index is 12.5. The highest BCUT2D eigenvalue weighted by molar-refractivity contribution is 7.09.